The zero-order valence-corrected chi connectivity index (χ0v) is 22.6. The molecule has 1 atom stereocenters. The molecule has 0 saturated heterocycles. The van der Waals surface area contributed by atoms with Crippen LogP contribution in [0.25, 0.3) is 0 Å². The number of sulfonamides is 1. The maximum atomic E-state index is 13.5. The van der Waals surface area contributed by atoms with Crippen molar-refractivity contribution in [1.29, 1.82) is 0 Å². The van der Waals surface area contributed by atoms with E-state index in [0.717, 1.165) is 21.7 Å². The van der Waals surface area contributed by atoms with Crippen LogP contribution in [0.2, 0.25) is 10.0 Å². The third-order valence-electron chi connectivity index (χ3n) is 4.97. The molecule has 7 nitrogen and oxygen atoms in total. The summed E-state index contributed by atoms with van der Waals surface area (Å²) in [6.45, 7) is 8.73. The highest BCUT2D eigenvalue weighted by Gasteiger charge is 2.31. The van der Waals surface area contributed by atoms with Gasteiger partial charge >= 0.3 is 0 Å². The van der Waals surface area contributed by atoms with Crippen molar-refractivity contribution >= 4 is 50.7 Å². The van der Waals surface area contributed by atoms with Crippen LogP contribution in [0.15, 0.2) is 42.5 Å². The Balaban J connectivity index is 2.43. The maximum Gasteiger partial charge on any atom is 0.244 e. The van der Waals surface area contributed by atoms with Crippen LogP contribution in [-0.2, 0) is 26.2 Å². The Morgan fingerprint density at radius 2 is 1.71 bits per heavy atom. The first-order valence-electron chi connectivity index (χ1n) is 10.7. The van der Waals surface area contributed by atoms with E-state index in [1.807, 2.05) is 52.0 Å². The topological polar surface area (TPSA) is 86.8 Å². The Hall–Kier alpha value is -2.29. The average Bonchev–Trinajstić information content (AvgIpc) is 2.69. The standard InChI is InChI=1S/C24H31Cl2N3O4S/c1-16-8-7-9-18(12-16)14-28(17(2)23(31)27-24(3,4)5)22(30)15-29(34(6,32)33)19-10-11-20(25)21(26)13-19/h7-13,17H,14-15H2,1-6H3,(H,27,31)/t17-/m0/s1. The summed E-state index contributed by atoms with van der Waals surface area (Å²) in [5.74, 6) is -0.872. The van der Waals surface area contributed by atoms with Gasteiger partial charge in [-0.3, -0.25) is 13.9 Å². The van der Waals surface area contributed by atoms with Gasteiger partial charge in [0.2, 0.25) is 21.8 Å². The molecule has 2 aromatic rings. The lowest BCUT2D eigenvalue weighted by Crippen LogP contribution is -2.54. The highest BCUT2D eigenvalue weighted by atomic mass is 35.5. The summed E-state index contributed by atoms with van der Waals surface area (Å²) in [7, 11) is -3.85. The highest BCUT2D eigenvalue weighted by Crippen LogP contribution is 2.28. The average molecular weight is 529 g/mol. The Kier molecular flexibility index (Phi) is 9.02. The van der Waals surface area contributed by atoms with Crippen molar-refractivity contribution in [2.75, 3.05) is 17.1 Å². The number of carbonyl (C=O) groups is 2. The lowest BCUT2D eigenvalue weighted by Gasteiger charge is -2.33. The number of hydrogen-bond acceptors (Lipinski definition) is 4. The molecule has 2 rings (SSSR count). The number of halogens is 2. The van der Waals surface area contributed by atoms with Gasteiger partial charge < -0.3 is 10.2 Å². The molecule has 0 aromatic heterocycles. The number of rotatable bonds is 8. The number of nitrogens with one attached hydrogen (secondary N) is 1. The van der Waals surface area contributed by atoms with Crippen molar-refractivity contribution in [3.05, 3.63) is 63.6 Å². The van der Waals surface area contributed by atoms with Gasteiger partial charge in [-0.2, -0.15) is 0 Å². The van der Waals surface area contributed by atoms with Gasteiger partial charge in [0, 0.05) is 12.1 Å². The van der Waals surface area contributed by atoms with E-state index >= 15 is 0 Å². The van der Waals surface area contributed by atoms with Crippen molar-refractivity contribution in [3.63, 3.8) is 0 Å². The smallest absolute Gasteiger partial charge is 0.244 e. The third kappa shape index (κ3) is 7.89. The molecular formula is C24H31Cl2N3O4S. The minimum Gasteiger partial charge on any atom is -0.350 e. The van der Waals surface area contributed by atoms with Gasteiger partial charge in [-0.1, -0.05) is 53.0 Å². The second-order valence-electron chi connectivity index (χ2n) is 9.29. The van der Waals surface area contributed by atoms with E-state index in [1.165, 1.54) is 23.1 Å². The summed E-state index contributed by atoms with van der Waals surface area (Å²) in [4.78, 5) is 27.8. The normalized spacial score (nSPS) is 12.7. The summed E-state index contributed by atoms with van der Waals surface area (Å²) in [6, 6.07) is 11.1. The van der Waals surface area contributed by atoms with Crippen LogP contribution in [0.3, 0.4) is 0 Å². The third-order valence-corrected chi connectivity index (χ3v) is 6.85. The van der Waals surface area contributed by atoms with Gasteiger partial charge in [0.05, 0.1) is 22.0 Å². The predicted octanol–water partition coefficient (Wildman–Crippen LogP) is 4.40. The monoisotopic (exact) mass is 527 g/mol. The summed E-state index contributed by atoms with van der Waals surface area (Å²) >= 11 is 12.0. The summed E-state index contributed by atoms with van der Waals surface area (Å²) in [5.41, 5.74) is 1.53. The number of benzene rings is 2. The molecule has 0 aliphatic carbocycles. The van der Waals surface area contributed by atoms with E-state index in [-0.39, 0.29) is 28.2 Å². The maximum absolute atomic E-state index is 13.5. The van der Waals surface area contributed by atoms with E-state index in [9.17, 15) is 18.0 Å². The number of carbonyl (C=O) groups excluding carboxylic acids is 2. The Bertz CT molecular complexity index is 1160. The lowest BCUT2D eigenvalue weighted by molar-refractivity contribution is -0.140. The molecule has 0 saturated carbocycles. The SMILES string of the molecule is Cc1cccc(CN(C(=O)CN(c2ccc(Cl)c(Cl)c2)S(C)(=O)=O)[C@@H](C)C(=O)NC(C)(C)C)c1. The van der Waals surface area contributed by atoms with Gasteiger partial charge in [-0.05, 0) is 58.4 Å². The molecule has 0 aliphatic rings. The van der Waals surface area contributed by atoms with E-state index < -0.39 is 34.1 Å². The van der Waals surface area contributed by atoms with Gasteiger partial charge in [-0.25, -0.2) is 8.42 Å². The fraction of sp³-hybridized carbons (Fsp3) is 0.417. The number of nitrogens with zero attached hydrogens (tertiary/aromatic N) is 2. The van der Waals surface area contributed by atoms with E-state index in [0.29, 0.717) is 0 Å². The number of anilines is 1. The number of aryl methyl sites for hydroxylation is 1. The Morgan fingerprint density at radius 3 is 2.24 bits per heavy atom. The van der Waals surface area contributed by atoms with Crippen molar-refractivity contribution in [2.45, 2.75) is 52.7 Å². The van der Waals surface area contributed by atoms with Crippen LogP contribution in [0.4, 0.5) is 5.69 Å². The molecule has 1 N–H and O–H groups in total. The summed E-state index contributed by atoms with van der Waals surface area (Å²) < 4.78 is 26.1. The minimum atomic E-state index is -3.85. The van der Waals surface area contributed by atoms with Crippen molar-refractivity contribution < 1.29 is 18.0 Å². The van der Waals surface area contributed by atoms with Crippen molar-refractivity contribution in [2.24, 2.45) is 0 Å². The summed E-state index contributed by atoms with van der Waals surface area (Å²) in [6.07, 6.45) is 1.00. The molecule has 2 amide bonds. The second-order valence-corrected chi connectivity index (χ2v) is 12.0. The fourth-order valence-corrected chi connectivity index (χ4v) is 4.45. The zero-order valence-electron chi connectivity index (χ0n) is 20.2. The van der Waals surface area contributed by atoms with Gasteiger partial charge in [0.15, 0.2) is 0 Å². The molecule has 0 fully saturated rings. The summed E-state index contributed by atoms with van der Waals surface area (Å²) in [5, 5.41) is 3.31. The number of amides is 2. The molecule has 0 radical (unpaired) electrons. The molecule has 34 heavy (non-hydrogen) atoms. The Morgan fingerprint density at radius 1 is 1.06 bits per heavy atom. The van der Waals surface area contributed by atoms with Crippen LogP contribution < -0.4 is 9.62 Å². The van der Waals surface area contributed by atoms with Crippen LogP contribution >= 0.6 is 23.2 Å². The van der Waals surface area contributed by atoms with Crippen LogP contribution in [0, 0.1) is 6.92 Å². The molecule has 2 aromatic carbocycles. The molecular weight excluding hydrogens is 497 g/mol. The molecule has 0 bridgehead atoms. The first kappa shape index (κ1) is 28.0. The van der Waals surface area contributed by atoms with Gasteiger partial charge in [0.25, 0.3) is 0 Å². The van der Waals surface area contributed by atoms with E-state index in [2.05, 4.69) is 5.32 Å². The molecule has 0 heterocycles. The van der Waals surface area contributed by atoms with Gasteiger partial charge in [-0.15, -0.1) is 0 Å². The quantitative estimate of drug-likeness (QED) is 0.551. The molecule has 186 valence electrons. The molecule has 0 unspecified atom stereocenters. The van der Waals surface area contributed by atoms with E-state index in [4.69, 9.17) is 23.2 Å². The second kappa shape index (κ2) is 11.0. The largest absolute Gasteiger partial charge is 0.350 e. The molecule has 10 heteroatoms. The highest BCUT2D eigenvalue weighted by molar-refractivity contribution is 7.92. The molecule has 0 spiro atoms. The van der Waals surface area contributed by atoms with Gasteiger partial charge in [0.1, 0.15) is 12.6 Å². The lowest BCUT2D eigenvalue weighted by atomic mass is 10.1. The first-order valence-corrected chi connectivity index (χ1v) is 13.3. The minimum absolute atomic E-state index is 0.137. The molecule has 0 aliphatic heterocycles. The zero-order chi connectivity index (χ0) is 25.8. The van der Waals surface area contributed by atoms with Crippen molar-refractivity contribution in [3.8, 4) is 0 Å². The van der Waals surface area contributed by atoms with Crippen LogP contribution in [0.1, 0.15) is 38.8 Å². The van der Waals surface area contributed by atoms with Crippen LogP contribution in [-0.4, -0.2) is 49.5 Å². The van der Waals surface area contributed by atoms with Crippen LogP contribution in [0.5, 0.6) is 0 Å². The van der Waals surface area contributed by atoms with Crippen molar-refractivity contribution in [1.82, 2.24) is 10.2 Å². The predicted molar refractivity (Wildman–Crippen MR) is 138 cm³/mol. The fourth-order valence-electron chi connectivity index (χ4n) is 3.32. The first-order chi connectivity index (χ1) is 15.6. The van der Waals surface area contributed by atoms with E-state index in [1.54, 1.807) is 6.92 Å². The number of hydrogen-bond donors (Lipinski definition) is 1. The Labute approximate surface area is 212 Å².